The summed E-state index contributed by atoms with van der Waals surface area (Å²) >= 11 is 0. The van der Waals surface area contributed by atoms with Gasteiger partial charge in [0.05, 0.1) is 12.1 Å². The third-order valence-corrected chi connectivity index (χ3v) is 4.05. The third-order valence-electron chi connectivity index (χ3n) is 4.05. The summed E-state index contributed by atoms with van der Waals surface area (Å²) in [5.41, 5.74) is 1.16. The monoisotopic (exact) mass is 321 g/mol. The minimum Gasteiger partial charge on any atom is -0.307 e. The third kappa shape index (κ3) is 3.21. The van der Waals surface area contributed by atoms with E-state index < -0.39 is 23.8 Å². The van der Waals surface area contributed by atoms with Crippen LogP contribution in [0.25, 0.3) is 0 Å². The molecule has 6 heteroatoms. The second-order valence-electron chi connectivity index (χ2n) is 5.64. The zero-order chi connectivity index (χ0) is 16.6. The number of pyridine rings is 1. The molecule has 0 amide bonds. The maximum absolute atomic E-state index is 12.7. The molecular formula is C17H14F3NO2. The van der Waals surface area contributed by atoms with E-state index in [1.54, 1.807) is 12.1 Å². The van der Waals surface area contributed by atoms with Crippen molar-refractivity contribution in [3.8, 4) is 0 Å². The van der Waals surface area contributed by atoms with Gasteiger partial charge in [0.1, 0.15) is 0 Å². The van der Waals surface area contributed by atoms with Gasteiger partial charge in [-0.2, -0.15) is 13.2 Å². The van der Waals surface area contributed by atoms with Gasteiger partial charge in [-0.3, -0.25) is 9.59 Å². The SMILES string of the molecule is O=C(Cn1cc(C(F)(F)F)ccc1=O)c1ccc2c(c1)CCC2. The lowest BCUT2D eigenvalue weighted by molar-refractivity contribution is -0.138. The Hall–Kier alpha value is -2.37. The molecule has 0 N–H and O–H groups in total. The molecule has 0 unspecified atom stereocenters. The predicted octanol–water partition coefficient (Wildman–Crippen LogP) is 3.24. The van der Waals surface area contributed by atoms with Crippen molar-refractivity contribution in [3.05, 3.63) is 69.1 Å². The number of Topliss-reactive ketones (excluding diaryl/α,β-unsaturated/α-hetero) is 1. The smallest absolute Gasteiger partial charge is 0.307 e. The minimum atomic E-state index is -4.55. The Kier molecular flexibility index (Phi) is 3.83. The van der Waals surface area contributed by atoms with E-state index in [9.17, 15) is 22.8 Å². The molecule has 23 heavy (non-hydrogen) atoms. The number of carbonyl (C=O) groups excluding carboxylic acids is 1. The number of rotatable bonds is 3. The van der Waals surface area contributed by atoms with Gasteiger partial charge in [-0.25, -0.2) is 0 Å². The van der Waals surface area contributed by atoms with Crippen molar-refractivity contribution < 1.29 is 18.0 Å². The van der Waals surface area contributed by atoms with Gasteiger partial charge in [-0.1, -0.05) is 12.1 Å². The largest absolute Gasteiger partial charge is 0.417 e. The van der Waals surface area contributed by atoms with Crippen LogP contribution >= 0.6 is 0 Å². The molecular weight excluding hydrogens is 307 g/mol. The van der Waals surface area contributed by atoms with Gasteiger partial charge in [-0.15, -0.1) is 0 Å². The van der Waals surface area contributed by atoms with E-state index in [0.29, 0.717) is 11.8 Å². The maximum atomic E-state index is 12.7. The summed E-state index contributed by atoms with van der Waals surface area (Å²) in [6.07, 6.45) is -0.934. The second kappa shape index (κ2) is 5.68. The second-order valence-corrected chi connectivity index (χ2v) is 5.64. The van der Waals surface area contributed by atoms with Crippen molar-refractivity contribution >= 4 is 5.78 Å². The number of benzene rings is 1. The first-order valence-corrected chi connectivity index (χ1v) is 7.27. The fourth-order valence-electron chi connectivity index (χ4n) is 2.81. The number of alkyl halides is 3. The van der Waals surface area contributed by atoms with Crippen molar-refractivity contribution in [3.63, 3.8) is 0 Å². The number of carbonyl (C=O) groups is 1. The number of aromatic nitrogens is 1. The normalized spacial score (nSPS) is 13.9. The number of halogens is 3. The van der Waals surface area contributed by atoms with Crippen LogP contribution in [0.4, 0.5) is 13.2 Å². The Labute approximate surface area is 130 Å². The van der Waals surface area contributed by atoms with Crippen LogP contribution in [0.15, 0.2) is 41.3 Å². The van der Waals surface area contributed by atoms with Crippen molar-refractivity contribution in [1.82, 2.24) is 4.57 Å². The lowest BCUT2D eigenvalue weighted by Gasteiger charge is -2.10. The van der Waals surface area contributed by atoms with Gasteiger partial charge in [0.2, 0.25) is 0 Å². The summed E-state index contributed by atoms with van der Waals surface area (Å²) in [4.78, 5) is 24.0. The van der Waals surface area contributed by atoms with Gasteiger partial charge < -0.3 is 4.57 Å². The van der Waals surface area contributed by atoms with Crippen molar-refractivity contribution in [1.29, 1.82) is 0 Å². The molecule has 120 valence electrons. The topological polar surface area (TPSA) is 39.1 Å². The highest BCUT2D eigenvalue weighted by Crippen LogP contribution is 2.28. The van der Waals surface area contributed by atoms with Gasteiger partial charge in [0.25, 0.3) is 5.56 Å². The molecule has 0 aliphatic heterocycles. The van der Waals surface area contributed by atoms with E-state index in [4.69, 9.17) is 0 Å². The Balaban J connectivity index is 1.87. The molecule has 0 fully saturated rings. The molecule has 1 heterocycles. The van der Waals surface area contributed by atoms with Crippen LogP contribution in [0.1, 0.15) is 33.5 Å². The molecule has 3 nitrogen and oxygen atoms in total. The zero-order valence-electron chi connectivity index (χ0n) is 12.2. The fourth-order valence-corrected chi connectivity index (χ4v) is 2.81. The molecule has 1 aromatic heterocycles. The lowest BCUT2D eigenvalue weighted by Crippen LogP contribution is -2.25. The van der Waals surface area contributed by atoms with Gasteiger partial charge >= 0.3 is 6.18 Å². The summed E-state index contributed by atoms with van der Waals surface area (Å²) < 4.78 is 38.9. The van der Waals surface area contributed by atoms with Crippen molar-refractivity contribution in [2.75, 3.05) is 0 Å². The van der Waals surface area contributed by atoms with Crippen LogP contribution in [0.2, 0.25) is 0 Å². The first-order chi connectivity index (χ1) is 10.8. The lowest BCUT2D eigenvalue weighted by atomic mass is 10.0. The van der Waals surface area contributed by atoms with Crippen LogP contribution in [0, 0.1) is 0 Å². The molecule has 0 atom stereocenters. The Morgan fingerprint density at radius 3 is 2.57 bits per heavy atom. The van der Waals surface area contributed by atoms with Crippen LogP contribution < -0.4 is 5.56 Å². The van der Waals surface area contributed by atoms with Gasteiger partial charge in [0.15, 0.2) is 5.78 Å². The summed E-state index contributed by atoms with van der Waals surface area (Å²) in [6.45, 7) is -0.401. The molecule has 0 bridgehead atoms. The van der Waals surface area contributed by atoms with Gasteiger partial charge in [0, 0.05) is 17.8 Å². The Morgan fingerprint density at radius 1 is 1.09 bits per heavy atom. The molecule has 1 aromatic carbocycles. The van der Waals surface area contributed by atoms with E-state index in [-0.39, 0.29) is 5.78 Å². The predicted molar refractivity (Wildman–Crippen MR) is 78.5 cm³/mol. The van der Waals surface area contributed by atoms with Gasteiger partial charge in [-0.05, 0) is 42.5 Å². The summed E-state index contributed by atoms with van der Waals surface area (Å²) in [5, 5.41) is 0. The highest BCUT2D eigenvalue weighted by atomic mass is 19.4. The van der Waals surface area contributed by atoms with E-state index in [1.165, 1.54) is 5.56 Å². The summed E-state index contributed by atoms with van der Waals surface area (Å²) in [7, 11) is 0. The first kappa shape index (κ1) is 15.5. The number of hydrogen-bond donors (Lipinski definition) is 0. The number of ketones is 1. The highest BCUT2D eigenvalue weighted by Gasteiger charge is 2.31. The molecule has 0 saturated heterocycles. The Bertz CT molecular complexity index is 821. The number of aryl methyl sites for hydroxylation is 2. The average Bonchev–Trinajstić information content (AvgIpc) is 2.95. The zero-order valence-corrected chi connectivity index (χ0v) is 12.2. The quantitative estimate of drug-likeness (QED) is 0.814. The number of hydrogen-bond acceptors (Lipinski definition) is 2. The fraction of sp³-hybridized carbons (Fsp3) is 0.294. The van der Waals surface area contributed by atoms with E-state index in [0.717, 1.165) is 41.5 Å². The van der Waals surface area contributed by atoms with Crippen LogP contribution in [0.3, 0.4) is 0 Å². The molecule has 1 aliphatic rings. The van der Waals surface area contributed by atoms with E-state index in [2.05, 4.69) is 0 Å². The minimum absolute atomic E-state index is 0.374. The number of nitrogens with zero attached hydrogens (tertiary/aromatic N) is 1. The first-order valence-electron chi connectivity index (χ1n) is 7.27. The standard InChI is InChI=1S/C17H14F3NO2/c18-17(19,20)14-6-7-16(23)21(9-14)10-15(22)13-5-4-11-2-1-3-12(11)8-13/h4-9H,1-3,10H2. The molecule has 2 aromatic rings. The summed E-state index contributed by atoms with van der Waals surface area (Å²) in [6, 6.07) is 6.89. The highest BCUT2D eigenvalue weighted by molar-refractivity contribution is 5.96. The molecule has 1 aliphatic carbocycles. The Morgan fingerprint density at radius 2 is 1.83 bits per heavy atom. The van der Waals surface area contributed by atoms with Crippen LogP contribution in [-0.2, 0) is 25.6 Å². The summed E-state index contributed by atoms with van der Waals surface area (Å²) in [5.74, 6) is -0.374. The van der Waals surface area contributed by atoms with E-state index in [1.807, 2.05) is 6.07 Å². The van der Waals surface area contributed by atoms with Crippen LogP contribution in [0.5, 0.6) is 0 Å². The number of fused-ring (bicyclic) bond motifs is 1. The molecule has 3 rings (SSSR count). The molecule has 0 radical (unpaired) electrons. The maximum Gasteiger partial charge on any atom is 0.417 e. The van der Waals surface area contributed by atoms with Crippen molar-refractivity contribution in [2.24, 2.45) is 0 Å². The average molecular weight is 321 g/mol. The molecule has 0 saturated carbocycles. The molecule has 0 spiro atoms. The van der Waals surface area contributed by atoms with Crippen molar-refractivity contribution in [2.45, 2.75) is 32.0 Å². The van der Waals surface area contributed by atoms with E-state index >= 15 is 0 Å². The van der Waals surface area contributed by atoms with Crippen LogP contribution in [-0.4, -0.2) is 10.4 Å².